The van der Waals surface area contributed by atoms with Crippen molar-refractivity contribution in [1.29, 1.82) is 0 Å². The number of aliphatic hydroxyl groups is 1. The first-order chi connectivity index (χ1) is 9.40. The number of likely N-dealkylation sites (N-methyl/N-ethyl adjacent to an activating group) is 1. The van der Waals surface area contributed by atoms with Gasteiger partial charge in [-0.15, -0.1) is 0 Å². The Balaban J connectivity index is 3.08. The number of hydrogen-bond donors (Lipinski definition) is 1. The Morgan fingerprint density at radius 2 is 2.05 bits per heavy atom. The van der Waals surface area contributed by atoms with Gasteiger partial charge in [-0.2, -0.15) is 0 Å². The van der Waals surface area contributed by atoms with Gasteiger partial charge in [0.1, 0.15) is 0 Å². The highest BCUT2D eigenvalue weighted by Crippen LogP contribution is 2.34. The molecular weight excluding hydrogens is 268 g/mol. The Labute approximate surface area is 115 Å². The fourth-order valence-electron chi connectivity index (χ4n) is 1.43. The summed E-state index contributed by atoms with van der Waals surface area (Å²) in [6, 6.07) is 2.45. The van der Waals surface area contributed by atoms with Crippen LogP contribution in [0.2, 0.25) is 0 Å². The quantitative estimate of drug-likeness (QED) is 0.605. The molecule has 0 aromatic heterocycles. The Kier molecular flexibility index (Phi) is 5.27. The van der Waals surface area contributed by atoms with E-state index in [1.807, 2.05) is 0 Å². The molecule has 1 N–H and O–H groups in total. The molecule has 0 aliphatic heterocycles. The summed E-state index contributed by atoms with van der Waals surface area (Å²) in [6.45, 7) is -0.761. The maximum absolute atomic E-state index is 11.4. The van der Waals surface area contributed by atoms with Crippen LogP contribution < -0.4 is 9.47 Å². The molecule has 0 aliphatic rings. The van der Waals surface area contributed by atoms with E-state index in [-0.39, 0.29) is 35.3 Å². The van der Waals surface area contributed by atoms with Crippen molar-refractivity contribution in [2.45, 2.75) is 6.61 Å². The minimum Gasteiger partial charge on any atom is -0.493 e. The monoisotopic (exact) mass is 284 g/mol. The number of amides is 1. The Morgan fingerprint density at radius 3 is 2.50 bits per heavy atom. The topological polar surface area (TPSA) is 102 Å². The van der Waals surface area contributed by atoms with Crippen molar-refractivity contribution < 1.29 is 24.3 Å². The zero-order valence-corrected chi connectivity index (χ0v) is 11.5. The maximum Gasteiger partial charge on any atom is 0.278 e. The van der Waals surface area contributed by atoms with Crippen molar-refractivity contribution in [1.82, 2.24) is 4.90 Å². The number of nitrogens with zero attached hydrogens (tertiary/aromatic N) is 2. The zero-order valence-electron chi connectivity index (χ0n) is 11.5. The van der Waals surface area contributed by atoms with E-state index in [9.17, 15) is 14.9 Å². The number of nitro benzene ring substituents is 1. The lowest BCUT2D eigenvalue weighted by atomic mass is 10.1. The van der Waals surface area contributed by atoms with Crippen molar-refractivity contribution in [3.05, 3.63) is 27.8 Å². The number of carbonyl (C=O) groups excluding carboxylic acids is 1. The van der Waals surface area contributed by atoms with Crippen LogP contribution in [0.15, 0.2) is 12.1 Å². The summed E-state index contributed by atoms with van der Waals surface area (Å²) >= 11 is 0. The normalized spacial score (nSPS) is 10.0. The van der Waals surface area contributed by atoms with Crippen molar-refractivity contribution >= 4 is 11.6 Å². The van der Waals surface area contributed by atoms with Crippen LogP contribution in [0.3, 0.4) is 0 Å². The Hall–Kier alpha value is -2.35. The highest BCUT2D eigenvalue weighted by Gasteiger charge is 2.20. The van der Waals surface area contributed by atoms with Gasteiger partial charge in [0.05, 0.1) is 30.3 Å². The van der Waals surface area contributed by atoms with Crippen molar-refractivity contribution in [3.8, 4) is 11.5 Å². The van der Waals surface area contributed by atoms with Gasteiger partial charge in [0, 0.05) is 14.1 Å². The lowest BCUT2D eigenvalue weighted by Gasteiger charge is -2.14. The zero-order chi connectivity index (χ0) is 15.3. The molecule has 0 saturated heterocycles. The molecule has 0 aliphatic carbocycles. The number of hydrogen-bond acceptors (Lipinski definition) is 6. The van der Waals surface area contributed by atoms with Crippen molar-refractivity contribution in [2.24, 2.45) is 0 Å². The fourth-order valence-corrected chi connectivity index (χ4v) is 1.43. The van der Waals surface area contributed by atoms with Crippen LogP contribution in [0.25, 0.3) is 0 Å². The lowest BCUT2D eigenvalue weighted by Crippen LogP contribution is -2.27. The van der Waals surface area contributed by atoms with Crippen LogP contribution in [-0.2, 0) is 11.4 Å². The number of carbonyl (C=O) groups is 1. The molecular formula is C12H16N2O6. The average molecular weight is 284 g/mol. The number of nitro groups is 1. The molecule has 0 fully saturated rings. The third-order valence-electron chi connectivity index (χ3n) is 2.58. The van der Waals surface area contributed by atoms with Gasteiger partial charge in [-0.3, -0.25) is 14.9 Å². The number of methoxy groups -OCH3 is 1. The smallest absolute Gasteiger partial charge is 0.278 e. The molecule has 1 aromatic rings. The van der Waals surface area contributed by atoms with Crippen LogP contribution in [-0.4, -0.2) is 48.6 Å². The fraction of sp³-hybridized carbons (Fsp3) is 0.417. The summed E-state index contributed by atoms with van der Waals surface area (Å²) in [5.74, 6) is -0.00116. The lowest BCUT2D eigenvalue weighted by molar-refractivity contribution is -0.385. The van der Waals surface area contributed by atoms with Crippen LogP contribution in [0.1, 0.15) is 5.56 Å². The van der Waals surface area contributed by atoms with Crippen LogP contribution in [0.5, 0.6) is 11.5 Å². The van der Waals surface area contributed by atoms with Crippen molar-refractivity contribution in [2.75, 3.05) is 27.8 Å². The Bertz CT molecular complexity index is 515. The highest BCUT2D eigenvalue weighted by molar-refractivity contribution is 5.77. The van der Waals surface area contributed by atoms with Crippen LogP contribution >= 0.6 is 0 Å². The molecule has 8 heteroatoms. The SMILES string of the molecule is COc1cc(CO)c([N+](=O)[O-])cc1OCC(=O)N(C)C. The molecule has 0 unspecified atom stereocenters. The second-order valence-electron chi connectivity index (χ2n) is 4.12. The largest absolute Gasteiger partial charge is 0.493 e. The minimum absolute atomic E-state index is 0.0756. The molecule has 0 saturated carbocycles. The summed E-state index contributed by atoms with van der Waals surface area (Å²) in [7, 11) is 4.50. The van der Waals surface area contributed by atoms with Gasteiger partial charge in [0.15, 0.2) is 18.1 Å². The molecule has 0 spiro atoms. The number of ether oxygens (including phenoxy) is 2. The van der Waals surface area contributed by atoms with E-state index in [1.54, 1.807) is 14.1 Å². The maximum atomic E-state index is 11.4. The molecule has 110 valence electrons. The van der Waals surface area contributed by atoms with Gasteiger partial charge in [0.25, 0.3) is 11.6 Å². The molecule has 0 atom stereocenters. The van der Waals surface area contributed by atoms with Gasteiger partial charge < -0.3 is 19.5 Å². The molecule has 20 heavy (non-hydrogen) atoms. The Morgan fingerprint density at radius 1 is 1.40 bits per heavy atom. The molecule has 1 amide bonds. The number of aliphatic hydroxyl groups excluding tert-OH is 1. The van der Waals surface area contributed by atoms with E-state index in [0.29, 0.717) is 0 Å². The first-order valence-electron chi connectivity index (χ1n) is 5.69. The standard InChI is InChI=1S/C12H16N2O6/c1-13(2)12(16)7-20-11-5-9(14(17)18)8(6-15)4-10(11)19-3/h4-5,15H,6-7H2,1-3H3. The number of rotatable bonds is 6. The highest BCUT2D eigenvalue weighted by atomic mass is 16.6. The summed E-state index contributed by atoms with van der Waals surface area (Å²) in [5, 5.41) is 20.0. The molecule has 0 radical (unpaired) electrons. The van der Waals surface area contributed by atoms with E-state index in [2.05, 4.69) is 0 Å². The predicted octanol–water partition coefficient (Wildman–Crippen LogP) is 0.563. The molecule has 1 aromatic carbocycles. The summed E-state index contributed by atoms with van der Waals surface area (Å²) in [6.07, 6.45) is 0. The van der Waals surface area contributed by atoms with E-state index < -0.39 is 11.5 Å². The van der Waals surface area contributed by atoms with Crippen molar-refractivity contribution in [3.63, 3.8) is 0 Å². The summed E-state index contributed by atoms with van der Waals surface area (Å²) in [5.41, 5.74) is -0.182. The molecule has 0 heterocycles. The van der Waals surface area contributed by atoms with Gasteiger partial charge in [-0.1, -0.05) is 0 Å². The van der Waals surface area contributed by atoms with E-state index in [1.165, 1.54) is 18.1 Å². The average Bonchev–Trinajstić information content (AvgIpc) is 2.43. The third-order valence-corrected chi connectivity index (χ3v) is 2.58. The van der Waals surface area contributed by atoms with E-state index >= 15 is 0 Å². The first kappa shape index (κ1) is 15.7. The van der Waals surface area contributed by atoms with Crippen LogP contribution in [0.4, 0.5) is 5.69 Å². The van der Waals surface area contributed by atoms with Gasteiger partial charge in [-0.05, 0) is 6.07 Å². The first-order valence-corrected chi connectivity index (χ1v) is 5.69. The van der Waals surface area contributed by atoms with Gasteiger partial charge >= 0.3 is 0 Å². The second kappa shape index (κ2) is 6.71. The third kappa shape index (κ3) is 3.58. The van der Waals surface area contributed by atoms with Crippen LogP contribution in [0, 0.1) is 10.1 Å². The predicted molar refractivity (Wildman–Crippen MR) is 69.8 cm³/mol. The second-order valence-corrected chi connectivity index (χ2v) is 4.12. The van der Waals surface area contributed by atoms with E-state index in [4.69, 9.17) is 14.6 Å². The van der Waals surface area contributed by atoms with Gasteiger partial charge in [-0.25, -0.2) is 0 Å². The van der Waals surface area contributed by atoms with E-state index in [0.717, 1.165) is 6.07 Å². The summed E-state index contributed by atoms with van der Waals surface area (Å²) in [4.78, 5) is 23.0. The van der Waals surface area contributed by atoms with Gasteiger partial charge in [0.2, 0.25) is 0 Å². The minimum atomic E-state index is -0.633. The molecule has 1 rings (SSSR count). The summed E-state index contributed by atoms with van der Waals surface area (Å²) < 4.78 is 10.3. The molecule has 0 bridgehead atoms. The molecule has 8 nitrogen and oxygen atoms in total. The number of benzene rings is 1.